The molecule has 17 heavy (non-hydrogen) atoms. The van der Waals surface area contributed by atoms with Crippen molar-refractivity contribution in [2.45, 2.75) is 49.4 Å². The molecule has 0 aromatic rings. The highest BCUT2D eigenvalue weighted by atomic mass is 32.2. The maximum atomic E-state index is 11.3. The number of urea groups is 1. The first kappa shape index (κ1) is 12.5. The minimum absolute atomic E-state index is 0.0756. The molecular weight excluding hydrogens is 240 g/mol. The Balaban J connectivity index is 1.79. The number of unbranched alkanes of at least 4 members (excludes halogenated alkanes) is 1. The van der Waals surface area contributed by atoms with Crippen molar-refractivity contribution in [2.24, 2.45) is 0 Å². The van der Waals surface area contributed by atoms with Gasteiger partial charge < -0.3 is 15.7 Å². The predicted molar refractivity (Wildman–Crippen MR) is 66.2 cm³/mol. The molecule has 0 radical (unpaired) electrons. The van der Waals surface area contributed by atoms with Crippen LogP contribution < -0.4 is 10.6 Å². The van der Waals surface area contributed by atoms with Crippen LogP contribution in [0.25, 0.3) is 0 Å². The van der Waals surface area contributed by atoms with Gasteiger partial charge in [-0.1, -0.05) is 6.42 Å². The van der Waals surface area contributed by atoms with Crippen LogP contribution in [-0.2, 0) is 4.79 Å². The van der Waals surface area contributed by atoms with Crippen molar-refractivity contribution in [3.63, 3.8) is 0 Å². The zero-order valence-corrected chi connectivity index (χ0v) is 10.7. The number of carboxylic acid groups (broad SMARTS) is 1. The highest BCUT2D eigenvalue weighted by Gasteiger charge is 2.51. The lowest BCUT2D eigenvalue weighted by molar-refractivity contribution is -0.137. The minimum Gasteiger partial charge on any atom is -0.481 e. The fourth-order valence-electron chi connectivity index (χ4n) is 2.55. The molecule has 0 aromatic carbocycles. The van der Waals surface area contributed by atoms with Crippen molar-refractivity contribution in [2.75, 3.05) is 5.75 Å². The summed E-state index contributed by atoms with van der Waals surface area (Å²) in [5.74, 6) is 0.199. The molecule has 0 unspecified atom stereocenters. The van der Waals surface area contributed by atoms with Gasteiger partial charge in [-0.15, -0.1) is 0 Å². The summed E-state index contributed by atoms with van der Waals surface area (Å²) in [6.07, 6.45) is 2.84. The molecule has 2 rings (SSSR count). The normalized spacial score (nSPS) is 35.2. The Morgan fingerprint density at radius 1 is 1.59 bits per heavy atom. The van der Waals surface area contributed by atoms with Crippen molar-refractivity contribution in [3.05, 3.63) is 0 Å². The molecule has 0 aliphatic carbocycles. The topological polar surface area (TPSA) is 78.4 Å². The van der Waals surface area contributed by atoms with Gasteiger partial charge in [0.1, 0.15) is 0 Å². The lowest BCUT2D eigenvalue weighted by Crippen LogP contribution is -2.47. The third-order valence-corrected chi connectivity index (χ3v) is 5.17. The number of aliphatic carboxylic acids is 1. The predicted octanol–water partition coefficient (Wildman–Crippen LogP) is 1.19. The fraction of sp³-hybridized carbons (Fsp3) is 0.818. The van der Waals surface area contributed by atoms with Crippen molar-refractivity contribution >= 4 is 23.8 Å². The molecule has 2 heterocycles. The summed E-state index contributed by atoms with van der Waals surface area (Å²) < 4.78 is 0. The first-order valence-corrected chi connectivity index (χ1v) is 6.98. The molecular formula is C11H18N2O3S. The van der Waals surface area contributed by atoms with E-state index in [1.165, 1.54) is 0 Å². The summed E-state index contributed by atoms with van der Waals surface area (Å²) in [4.78, 5) is 21.7. The number of nitrogens with one attached hydrogen (secondary N) is 2. The van der Waals surface area contributed by atoms with E-state index in [2.05, 4.69) is 17.6 Å². The molecule has 3 atom stereocenters. The van der Waals surface area contributed by atoms with Crippen LogP contribution in [-0.4, -0.2) is 39.7 Å². The van der Waals surface area contributed by atoms with E-state index in [0.717, 1.165) is 25.0 Å². The molecule has 2 fully saturated rings. The zero-order valence-electron chi connectivity index (χ0n) is 9.86. The van der Waals surface area contributed by atoms with Crippen LogP contribution in [0.2, 0.25) is 0 Å². The summed E-state index contributed by atoms with van der Waals surface area (Å²) in [6, 6.07) is 0.109. The Hall–Kier alpha value is -0.910. The minimum atomic E-state index is -0.732. The molecule has 6 heteroatoms. The van der Waals surface area contributed by atoms with E-state index in [1.54, 1.807) is 0 Å². The first-order chi connectivity index (χ1) is 8.01. The number of hydrogen-bond donors (Lipinski definition) is 3. The molecule has 96 valence electrons. The van der Waals surface area contributed by atoms with Crippen LogP contribution >= 0.6 is 11.8 Å². The highest BCUT2D eigenvalue weighted by Crippen LogP contribution is 2.39. The number of carboxylic acids is 1. The van der Waals surface area contributed by atoms with Gasteiger partial charge in [-0.25, -0.2) is 4.79 Å². The Morgan fingerprint density at radius 3 is 3.06 bits per heavy atom. The Kier molecular flexibility index (Phi) is 3.51. The molecule has 2 aliphatic heterocycles. The van der Waals surface area contributed by atoms with Crippen molar-refractivity contribution in [3.8, 4) is 0 Å². The van der Waals surface area contributed by atoms with Crippen molar-refractivity contribution < 1.29 is 14.7 Å². The van der Waals surface area contributed by atoms with Gasteiger partial charge in [0.2, 0.25) is 0 Å². The zero-order chi connectivity index (χ0) is 12.5. The lowest BCUT2D eigenvalue weighted by atomic mass is 9.92. The number of fused-ring (bicyclic) bond motifs is 1. The average Bonchev–Trinajstić information content (AvgIpc) is 2.66. The van der Waals surface area contributed by atoms with Crippen LogP contribution in [0.15, 0.2) is 0 Å². The number of carbonyl (C=O) groups is 2. The smallest absolute Gasteiger partial charge is 0.315 e. The van der Waals surface area contributed by atoms with Crippen LogP contribution in [0.3, 0.4) is 0 Å². The quantitative estimate of drug-likeness (QED) is 0.511. The second-order valence-electron chi connectivity index (χ2n) is 4.98. The van der Waals surface area contributed by atoms with Gasteiger partial charge in [0.05, 0.1) is 11.6 Å². The number of hydrogen-bond acceptors (Lipinski definition) is 3. The van der Waals surface area contributed by atoms with E-state index in [1.807, 2.05) is 11.8 Å². The van der Waals surface area contributed by atoms with Gasteiger partial charge in [0.25, 0.3) is 0 Å². The summed E-state index contributed by atoms with van der Waals surface area (Å²) in [5, 5.41) is 14.9. The monoisotopic (exact) mass is 258 g/mol. The van der Waals surface area contributed by atoms with Gasteiger partial charge in [-0.2, -0.15) is 11.8 Å². The number of carbonyl (C=O) groups excluding carboxylic acids is 1. The SMILES string of the molecule is C[C@]12CS[C@@H](CCCCC(=O)O)[C@H]1NC(=O)N2. The van der Waals surface area contributed by atoms with E-state index >= 15 is 0 Å². The van der Waals surface area contributed by atoms with Gasteiger partial charge in [-0.3, -0.25) is 4.79 Å². The van der Waals surface area contributed by atoms with Crippen LogP contribution in [0.5, 0.6) is 0 Å². The number of amides is 2. The highest BCUT2D eigenvalue weighted by molar-refractivity contribution is 8.00. The van der Waals surface area contributed by atoms with E-state index < -0.39 is 5.97 Å². The van der Waals surface area contributed by atoms with E-state index in [0.29, 0.717) is 5.25 Å². The molecule has 2 saturated heterocycles. The van der Waals surface area contributed by atoms with Crippen LogP contribution in [0.1, 0.15) is 32.6 Å². The van der Waals surface area contributed by atoms with Gasteiger partial charge >= 0.3 is 12.0 Å². The van der Waals surface area contributed by atoms with Crippen LogP contribution in [0.4, 0.5) is 4.79 Å². The third kappa shape index (κ3) is 2.68. The third-order valence-electron chi connectivity index (χ3n) is 3.47. The molecule has 5 nitrogen and oxygen atoms in total. The summed E-state index contributed by atoms with van der Waals surface area (Å²) in [5.41, 5.74) is -0.126. The van der Waals surface area contributed by atoms with Gasteiger partial charge in [-0.05, 0) is 19.8 Å². The van der Waals surface area contributed by atoms with Crippen molar-refractivity contribution in [1.29, 1.82) is 0 Å². The molecule has 0 saturated carbocycles. The molecule has 0 bridgehead atoms. The van der Waals surface area contributed by atoms with Gasteiger partial charge in [0, 0.05) is 17.4 Å². The molecule has 3 N–H and O–H groups in total. The van der Waals surface area contributed by atoms with Crippen LogP contribution in [0, 0.1) is 0 Å². The summed E-state index contributed by atoms with van der Waals surface area (Å²) in [6.45, 7) is 2.07. The standard InChI is InChI=1S/C11H18N2O3S/c1-11-6-17-7(4-2-3-5-8(14)15)9(11)12-10(16)13-11/h7,9H,2-6H2,1H3,(H,14,15)(H2,12,13,16)/t7-,9+,11-/m0/s1. The lowest BCUT2D eigenvalue weighted by Gasteiger charge is -2.23. The van der Waals surface area contributed by atoms with Gasteiger partial charge in [0.15, 0.2) is 0 Å². The largest absolute Gasteiger partial charge is 0.481 e. The summed E-state index contributed by atoms with van der Waals surface area (Å²) in [7, 11) is 0. The number of thioether (sulfide) groups is 1. The second-order valence-corrected chi connectivity index (χ2v) is 6.21. The van der Waals surface area contributed by atoms with E-state index in [-0.39, 0.29) is 24.0 Å². The Morgan fingerprint density at radius 2 is 2.35 bits per heavy atom. The maximum Gasteiger partial charge on any atom is 0.315 e. The fourth-order valence-corrected chi connectivity index (χ4v) is 4.26. The maximum absolute atomic E-state index is 11.3. The average molecular weight is 258 g/mol. The van der Waals surface area contributed by atoms with E-state index in [9.17, 15) is 9.59 Å². The Bertz CT molecular complexity index is 337. The first-order valence-electron chi connectivity index (χ1n) is 5.93. The molecule has 0 spiro atoms. The Labute approximate surface area is 105 Å². The molecule has 2 amide bonds. The number of rotatable bonds is 5. The summed E-state index contributed by atoms with van der Waals surface area (Å²) >= 11 is 1.87. The van der Waals surface area contributed by atoms with E-state index in [4.69, 9.17) is 5.11 Å². The second kappa shape index (κ2) is 4.76. The molecule has 0 aromatic heterocycles. The molecule has 2 aliphatic rings. The van der Waals surface area contributed by atoms with Crippen molar-refractivity contribution in [1.82, 2.24) is 10.6 Å².